The third kappa shape index (κ3) is 3.01. The second kappa shape index (κ2) is 4.69. The van der Waals surface area contributed by atoms with Gasteiger partial charge in [0.2, 0.25) is 0 Å². The molecule has 19 heavy (non-hydrogen) atoms. The summed E-state index contributed by atoms with van der Waals surface area (Å²) in [6.45, 7) is 0. The van der Waals surface area contributed by atoms with Gasteiger partial charge in [-0.3, -0.25) is 9.11 Å². The molecule has 0 aliphatic heterocycles. The van der Waals surface area contributed by atoms with Crippen LogP contribution in [-0.4, -0.2) is 25.9 Å². The third-order valence-electron chi connectivity index (χ3n) is 2.22. The predicted molar refractivity (Wildman–Crippen MR) is 68.2 cm³/mol. The van der Waals surface area contributed by atoms with Crippen molar-refractivity contribution in [3.63, 3.8) is 0 Å². The smallest absolute Gasteiger partial charge is 0.282 e. The summed E-state index contributed by atoms with van der Waals surface area (Å²) in [5.41, 5.74) is -0.0346. The molecule has 9 heteroatoms. The molecular formula is C10H7O6S3. The van der Waals surface area contributed by atoms with Crippen LogP contribution in [0.2, 0.25) is 0 Å². The molecule has 6 nitrogen and oxygen atoms in total. The highest BCUT2D eigenvalue weighted by Gasteiger charge is 2.21. The maximum Gasteiger partial charge on any atom is 0.295 e. The van der Waals surface area contributed by atoms with Gasteiger partial charge in [-0.25, -0.2) is 0 Å². The average molecular weight is 319 g/mol. The minimum absolute atomic E-state index is 0.0346. The van der Waals surface area contributed by atoms with Crippen molar-refractivity contribution in [2.75, 3.05) is 0 Å². The van der Waals surface area contributed by atoms with E-state index in [2.05, 4.69) is 6.07 Å². The van der Waals surface area contributed by atoms with Crippen molar-refractivity contribution in [2.24, 2.45) is 0 Å². The molecule has 0 saturated heterocycles. The lowest BCUT2D eigenvalue weighted by atomic mass is 10.2. The van der Waals surface area contributed by atoms with E-state index in [1.54, 1.807) is 17.5 Å². The molecule has 0 amide bonds. The third-order valence-corrected chi connectivity index (χ3v) is 4.81. The molecule has 0 atom stereocenters. The predicted octanol–water partition coefficient (Wildman–Crippen LogP) is 1.71. The van der Waals surface area contributed by atoms with Crippen molar-refractivity contribution in [2.45, 2.75) is 9.79 Å². The van der Waals surface area contributed by atoms with Gasteiger partial charge in [0, 0.05) is 16.5 Å². The Hall–Kier alpha value is -1.26. The molecule has 101 valence electrons. The van der Waals surface area contributed by atoms with Crippen LogP contribution in [0.4, 0.5) is 0 Å². The molecule has 1 aromatic heterocycles. The van der Waals surface area contributed by atoms with Gasteiger partial charge in [-0.15, -0.1) is 11.3 Å². The van der Waals surface area contributed by atoms with E-state index in [1.165, 1.54) is 0 Å². The first-order chi connectivity index (χ1) is 8.69. The first kappa shape index (κ1) is 14.2. The fourth-order valence-corrected chi connectivity index (χ4v) is 3.38. The molecule has 0 spiro atoms. The van der Waals surface area contributed by atoms with E-state index in [0.29, 0.717) is 4.88 Å². The van der Waals surface area contributed by atoms with Gasteiger partial charge in [-0.2, -0.15) is 16.8 Å². The van der Waals surface area contributed by atoms with Crippen LogP contribution in [0.3, 0.4) is 0 Å². The number of rotatable bonds is 3. The van der Waals surface area contributed by atoms with Gasteiger partial charge in [-0.05, 0) is 23.6 Å². The molecule has 2 rings (SSSR count). The highest BCUT2D eigenvalue weighted by atomic mass is 32.2. The van der Waals surface area contributed by atoms with Gasteiger partial charge in [0.25, 0.3) is 20.2 Å². The fourth-order valence-electron chi connectivity index (χ4n) is 1.44. The summed E-state index contributed by atoms with van der Waals surface area (Å²) in [5.74, 6) is 0. The maximum atomic E-state index is 11.2. The fraction of sp³-hybridized carbons (Fsp3) is 0. The Balaban J connectivity index is 2.79. The van der Waals surface area contributed by atoms with Gasteiger partial charge in [0.1, 0.15) is 4.90 Å². The van der Waals surface area contributed by atoms with E-state index < -0.39 is 30.0 Å². The molecule has 2 aromatic rings. The lowest BCUT2D eigenvalue weighted by Crippen LogP contribution is -2.04. The molecule has 0 aliphatic rings. The van der Waals surface area contributed by atoms with Crippen LogP contribution in [-0.2, 0) is 20.2 Å². The zero-order chi connectivity index (χ0) is 14.3. The summed E-state index contributed by atoms with van der Waals surface area (Å²) >= 11 is 1.15. The summed E-state index contributed by atoms with van der Waals surface area (Å²) in [6.07, 6.45) is 0. The SMILES string of the molecule is O=S(=O)(O)c1c[c]c(S(=O)(=O)O)c(-c2cccs2)c1. The Morgan fingerprint density at radius 1 is 1.11 bits per heavy atom. The molecule has 1 aromatic carbocycles. The second-order valence-electron chi connectivity index (χ2n) is 3.51. The zero-order valence-corrected chi connectivity index (χ0v) is 11.6. The highest BCUT2D eigenvalue weighted by Crippen LogP contribution is 2.32. The lowest BCUT2D eigenvalue weighted by molar-refractivity contribution is 0.478. The van der Waals surface area contributed by atoms with Gasteiger partial charge in [0.15, 0.2) is 0 Å². The summed E-state index contributed by atoms with van der Waals surface area (Å²) < 4.78 is 62.6. The minimum Gasteiger partial charge on any atom is -0.282 e. The summed E-state index contributed by atoms with van der Waals surface area (Å²) in [6, 6.07) is 7.11. The van der Waals surface area contributed by atoms with Crippen molar-refractivity contribution in [3.8, 4) is 10.4 Å². The van der Waals surface area contributed by atoms with E-state index >= 15 is 0 Å². The number of hydrogen-bond acceptors (Lipinski definition) is 5. The molecule has 2 N–H and O–H groups in total. The molecule has 1 heterocycles. The molecule has 0 saturated carbocycles. The molecule has 0 aliphatic carbocycles. The lowest BCUT2D eigenvalue weighted by Gasteiger charge is -2.06. The maximum absolute atomic E-state index is 11.2. The van der Waals surface area contributed by atoms with Crippen LogP contribution < -0.4 is 0 Å². The second-order valence-corrected chi connectivity index (χ2v) is 7.23. The molecule has 1 radical (unpaired) electrons. The first-order valence-corrected chi connectivity index (χ1v) is 8.50. The van der Waals surface area contributed by atoms with E-state index in [0.717, 1.165) is 23.5 Å². The van der Waals surface area contributed by atoms with Gasteiger partial charge in [-0.1, -0.05) is 6.07 Å². The zero-order valence-electron chi connectivity index (χ0n) is 9.14. The van der Waals surface area contributed by atoms with Crippen molar-refractivity contribution >= 4 is 31.6 Å². The van der Waals surface area contributed by atoms with Crippen LogP contribution in [0, 0.1) is 6.07 Å². The molecule has 0 unspecified atom stereocenters. The number of hydrogen-bond donors (Lipinski definition) is 2. The van der Waals surface area contributed by atoms with Gasteiger partial charge < -0.3 is 0 Å². The number of thiophene rings is 1. The molecule has 0 fully saturated rings. The van der Waals surface area contributed by atoms with Crippen molar-refractivity contribution in [1.29, 1.82) is 0 Å². The van der Waals surface area contributed by atoms with E-state index in [4.69, 9.17) is 9.11 Å². The Kier molecular flexibility index (Phi) is 3.49. The Labute approximate surface area is 113 Å². The molecule has 0 bridgehead atoms. The minimum atomic E-state index is -4.55. The van der Waals surface area contributed by atoms with Crippen LogP contribution >= 0.6 is 11.3 Å². The van der Waals surface area contributed by atoms with Crippen molar-refractivity contribution < 1.29 is 25.9 Å². The highest BCUT2D eigenvalue weighted by molar-refractivity contribution is 7.86. The average Bonchev–Trinajstić information content (AvgIpc) is 2.79. The van der Waals surface area contributed by atoms with E-state index in [1.807, 2.05) is 0 Å². The first-order valence-electron chi connectivity index (χ1n) is 4.74. The Bertz CT molecular complexity index is 803. The standard InChI is InChI=1S/C10H7O6S3/c11-18(12,13)7-3-4-10(19(14,15)16)8(6-7)9-2-1-5-17-9/h1-3,5-6H,(H,11,12,13)(H,14,15,16). The number of benzene rings is 1. The monoisotopic (exact) mass is 319 g/mol. The topological polar surface area (TPSA) is 109 Å². The van der Waals surface area contributed by atoms with Crippen molar-refractivity contribution in [1.82, 2.24) is 0 Å². The largest absolute Gasteiger partial charge is 0.295 e. The van der Waals surface area contributed by atoms with Crippen LogP contribution in [0.5, 0.6) is 0 Å². The quantitative estimate of drug-likeness (QED) is 0.834. The van der Waals surface area contributed by atoms with Crippen molar-refractivity contribution in [3.05, 3.63) is 35.7 Å². The summed E-state index contributed by atoms with van der Waals surface area (Å²) in [5, 5.41) is 1.66. The van der Waals surface area contributed by atoms with Gasteiger partial charge >= 0.3 is 0 Å². The molecular weight excluding hydrogens is 312 g/mol. The summed E-state index contributed by atoms with van der Waals surface area (Å²) in [7, 11) is -9.03. The van der Waals surface area contributed by atoms with Gasteiger partial charge in [0.05, 0.1) is 4.90 Å². The van der Waals surface area contributed by atoms with E-state index in [-0.39, 0.29) is 5.56 Å². The van der Waals surface area contributed by atoms with Crippen LogP contribution in [0.1, 0.15) is 0 Å². The van der Waals surface area contributed by atoms with Crippen LogP contribution in [0.25, 0.3) is 10.4 Å². The van der Waals surface area contributed by atoms with E-state index in [9.17, 15) is 16.8 Å². The Morgan fingerprint density at radius 2 is 1.79 bits per heavy atom. The Morgan fingerprint density at radius 3 is 2.26 bits per heavy atom. The normalized spacial score (nSPS) is 12.5. The summed E-state index contributed by atoms with van der Waals surface area (Å²) in [4.78, 5) is -0.611. The van der Waals surface area contributed by atoms with Crippen LogP contribution in [0.15, 0.2) is 39.4 Å².